The van der Waals surface area contributed by atoms with E-state index in [2.05, 4.69) is 9.72 Å². The number of pyridine rings is 1. The van der Waals surface area contributed by atoms with Crippen molar-refractivity contribution in [3.8, 4) is 5.75 Å². The van der Waals surface area contributed by atoms with Crippen LogP contribution in [0, 0.1) is 0 Å². The zero-order chi connectivity index (χ0) is 18.7. The van der Waals surface area contributed by atoms with Gasteiger partial charge in [0, 0.05) is 42.6 Å². The van der Waals surface area contributed by atoms with E-state index < -0.39 is 6.36 Å². The number of nitrogen functional groups attached to an aromatic ring is 1. The van der Waals surface area contributed by atoms with E-state index in [9.17, 15) is 18.0 Å². The minimum absolute atomic E-state index is 0.275. The lowest BCUT2D eigenvalue weighted by Gasteiger charge is -2.10. The van der Waals surface area contributed by atoms with Crippen molar-refractivity contribution in [3.63, 3.8) is 0 Å². The molecule has 0 radical (unpaired) electrons. The number of anilines is 1. The largest absolute Gasteiger partial charge is 0.573 e. The van der Waals surface area contributed by atoms with Gasteiger partial charge < -0.3 is 15.0 Å². The van der Waals surface area contributed by atoms with Crippen molar-refractivity contribution in [2.75, 3.05) is 5.73 Å². The molecule has 0 unspecified atom stereocenters. The van der Waals surface area contributed by atoms with Crippen LogP contribution in [0.25, 0.3) is 0 Å². The van der Waals surface area contributed by atoms with Gasteiger partial charge in [-0.1, -0.05) is 12.1 Å². The summed E-state index contributed by atoms with van der Waals surface area (Å²) in [6.45, 7) is 0.283. The number of carbonyl (C=O) groups excluding carboxylic acids is 1. The summed E-state index contributed by atoms with van der Waals surface area (Å²) in [6.07, 6.45) is 1.42. The van der Waals surface area contributed by atoms with Crippen molar-refractivity contribution in [1.29, 1.82) is 0 Å². The molecule has 1 aromatic carbocycles. The van der Waals surface area contributed by atoms with E-state index in [-0.39, 0.29) is 18.1 Å². The molecule has 0 fully saturated rings. The molecule has 3 rings (SSSR count). The standard InChI is InChI=1S/C18H14F3N3O2/c19-18(20,21)26-14-3-1-2-12(8-14)10-24-7-5-13(11-24)17(25)15-9-23-6-4-16(15)22/h1-9,11H,10H2,(H2,22,23). The van der Waals surface area contributed by atoms with Crippen molar-refractivity contribution in [1.82, 2.24) is 9.55 Å². The first-order valence-corrected chi connectivity index (χ1v) is 7.56. The first kappa shape index (κ1) is 17.5. The highest BCUT2D eigenvalue weighted by atomic mass is 19.4. The smallest absolute Gasteiger partial charge is 0.406 e. The molecule has 0 amide bonds. The fraction of sp³-hybridized carbons (Fsp3) is 0.111. The van der Waals surface area contributed by atoms with Gasteiger partial charge in [-0.15, -0.1) is 13.2 Å². The Kier molecular flexibility index (Phi) is 4.66. The van der Waals surface area contributed by atoms with Gasteiger partial charge in [0.1, 0.15) is 5.75 Å². The molecule has 2 heterocycles. The Bertz CT molecular complexity index is 935. The van der Waals surface area contributed by atoms with Gasteiger partial charge in [0.25, 0.3) is 0 Å². The summed E-state index contributed by atoms with van der Waals surface area (Å²) < 4.78 is 42.5. The van der Waals surface area contributed by atoms with Gasteiger partial charge in [0.15, 0.2) is 5.78 Å². The van der Waals surface area contributed by atoms with E-state index in [1.807, 2.05) is 0 Å². The van der Waals surface area contributed by atoms with Gasteiger partial charge in [-0.25, -0.2) is 0 Å². The normalized spacial score (nSPS) is 11.3. The average Bonchev–Trinajstić information content (AvgIpc) is 3.02. The quantitative estimate of drug-likeness (QED) is 0.705. The van der Waals surface area contributed by atoms with Gasteiger partial charge in [-0.05, 0) is 29.8 Å². The van der Waals surface area contributed by atoms with Crippen LogP contribution in [-0.2, 0) is 6.54 Å². The van der Waals surface area contributed by atoms with Crippen LogP contribution < -0.4 is 10.5 Å². The summed E-state index contributed by atoms with van der Waals surface area (Å²) in [4.78, 5) is 16.4. The van der Waals surface area contributed by atoms with E-state index in [0.29, 0.717) is 22.4 Å². The van der Waals surface area contributed by atoms with E-state index in [4.69, 9.17) is 5.73 Å². The van der Waals surface area contributed by atoms with Crippen LogP contribution in [0.15, 0.2) is 61.2 Å². The highest BCUT2D eigenvalue weighted by Gasteiger charge is 2.31. The molecule has 26 heavy (non-hydrogen) atoms. The summed E-state index contributed by atoms with van der Waals surface area (Å²) in [7, 11) is 0. The van der Waals surface area contributed by atoms with E-state index in [0.717, 1.165) is 0 Å². The van der Waals surface area contributed by atoms with E-state index in [1.54, 1.807) is 29.1 Å². The second-order valence-electron chi connectivity index (χ2n) is 5.56. The number of nitrogens with zero attached hydrogens (tertiary/aromatic N) is 2. The second-order valence-corrected chi connectivity index (χ2v) is 5.56. The Balaban J connectivity index is 1.76. The SMILES string of the molecule is Nc1ccncc1C(=O)c1ccn(Cc2cccc(OC(F)(F)F)c2)c1. The third-order valence-corrected chi connectivity index (χ3v) is 3.61. The number of hydrogen-bond donors (Lipinski definition) is 1. The minimum Gasteiger partial charge on any atom is -0.406 e. The lowest BCUT2D eigenvalue weighted by atomic mass is 10.1. The number of rotatable bonds is 5. The molecular weight excluding hydrogens is 347 g/mol. The molecule has 2 aromatic heterocycles. The highest BCUT2D eigenvalue weighted by molar-refractivity contribution is 6.11. The minimum atomic E-state index is -4.74. The summed E-state index contributed by atoms with van der Waals surface area (Å²) in [5.41, 5.74) is 7.42. The first-order valence-electron chi connectivity index (χ1n) is 7.56. The maximum absolute atomic E-state index is 12.5. The number of ketones is 1. The third-order valence-electron chi connectivity index (χ3n) is 3.61. The molecule has 0 aliphatic carbocycles. The number of ether oxygens (including phenoxy) is 1. The summed E-state index contributed by atoms with van der Waals surface area (Å²) in [6, 6.07) is 8.83. The van der Waals surface area contributed by atoms with Crippen molar-refractivity contribution in [2.45, 2.75) is 12.9 Å². The number of halogens is 3. The van der Waals surface area contributed by atoms with Gasteiger partial charge in [-0.3, -0.25) is 9.78 Å². The monoisotopic (exact) mass is 361 g/mol. The molecule has 8 heteroatoms. The lowest BCUT2D eigenvalue weighted by Crippen LogP contribution is -2.17. The number of benzene rings is 1. The van der Waals surface area contributed by atoms with Crippen LogP contribution in [0.5, 0.6) is 5.75 Å². The summed E-state index contributed by atoms with van der Waals surface area (Å²) in [5.74, 6) is -0.565. The molecule has 0 bridgehead atoms. The van der Waals surface area contributed by atoms with Crippen LogP contribution >= 0.6 is 0 Å². The Hall–Kier alpha value is -3.29. The zero-order valence-electron chi connectivity index (χ0n) is 13.4. The summed E-state index contributed by atoms with van der Waals surface area (Å²) in [5, 5.41) is 0. The Morgan fingerprint density at radius 2 is 2.04 bits per heavy atom. The number of hydrogen-bond acceptors (Lipinski definition) is 4. The van der Waals surface area contributed by atoms with Crippen molar-refractivity contribution < 1.29 is 22.7 Å². The molecule has 0 saturated carbocycles. The van der Waals surface area contributed by atoms with Gasteiger partial charge >= 0.3 is 6.36 Å². The molecule has 0 atom stereocenters. The molecule has 0 aliphatic heterocycles. The van der Waals surface area contributed by atoms with Gasteiger partial charge in [-0.2, -0.15) is 0 Å². The maximum atomic E-state index is 12.5. The van der Waals surface area contributed by atoms with Crippen molar-refractivity contribution >= 4 is 11.5 Å². The molecule has 2 N–H and O–H groups in total. The van der Waals surface area contributed by atoms with Crippen LogP contribution in [0.2, 0.25) is 0 Å². The molecule has 5 nitrogen and oxygen atoms in total. The molecule has 134 valence electrons. The van der Waals surface area contributed by atoms with Crippen molar-refractivity contribution in [2.24, 2.45) is 0 Å². The number of nitrogens with two attached hydrogens (primary N) is 1. The van der Waals surface area contributed by atoms with Crippen LogP contribution in [-0.4, -0.2) is 21.7 Å². The molecule has 0 spiro atoms. The third kappa shape index (κ3) is 4.21. The van der Waals surface area contributed by atoms with E-state index in [1.165, 1.54) is 36.7 Å². The predicted molar refractivity (Wildman–Crippen MR) is 88.7 cm³/mol. The van der Waals surface area contributed by atoms with Gasteiger partial charge in [0.2, 0.25) is 0 Å². The van der Waals surface area contributed by atoms with E-state index >= 15 is 0 Å². The predicted octanol–water partition coefficient (Wildman–Crippen LogP) is 3.64. The van der Waals surface area contributed by atoms with Gasteiger partial charge in [0.05, 0.1) is 5.56 Å². The molecule has 0 saturated heterocycles. The van der Waals surface area contributed by atoms with Crippen LogP contribution in [0.4, 0.5) is 18.9 Å². The maximum Gasteiger partial charge on any atom is 0.573 e. The molecular formula is C18H14F3N3O2. The highest BCUT2D eigenvalue weighted by Crippen LogP contribution is 2.24. The topological polar surface area (TPSA) is 70.1 Å². The average molecular weight is 361 g/mol. The second kappa shape index (κ2) is 6.91. The summed E-state index contributed by atoms with van der Waals surface area (Å²) >= 11 is 0. The number of alkyl halides is 3. The van der Waals surface area contributed by atoms with Crippen molar-refractivity contribution in [3.05, 3.63) is 77.9 Å². The Labute approximate surface area is 146 Å². The lowest BCUT2D eigenvalue weighted by molar-refractivity contribution is -0.274. The van der Waals surface area contributed by atoms with Crippen LogP contribution in [0.1, 0.15) is 21.5 Å². The molecule has 0 aliphatic rings. The number of aromatic nitrogens is 2. The first-order chi connectivity index (χ1) is 12.3. The van der Waals surface area contributed by atoms with Crippen LogP contribution in [0.3, 0.4) is 0 Å². The Morgan fingerprint density at radius 1 is 1.23 bits per heavy atom. The molecule has 3 aromatic rings. The fourth-order valence-corrected chi connectivity index (χ4v) is 2.48. The zero-order valence-corrected chi connectivity index (χ0v) is 13.4. The fourth-order valence-electron chi connectivity index (χ4n) is 2.48. The Morgan fingerprint density at radius 3 is 2.77 bits per heavy atom. The number of carbonyl (C=O) groups is 1.